The summed E-state index contributed by atoms with van der Waals surface area (Å²) in [6, 6.07) is 0. The zero-order valence-corrected chi connectivity index (χ0v) is 21.3. The van der Waals surface area contributed by atoms with Gasteiger partial charge >= 0.3 is 10.4 Å². The number of hydrogen-bond donors (Lipinski definition) is 5. The van der Waals surface area contributed by atoms with Gasteiger partial charge in [-0.2, -0.15) is 8.42 Å². The van der Waals surface area contributed by atoms with E-state index in [-0.39, 0.29) is 11.5 Å². The number of rotatable bonds is 16. The Kier molecular flexibility index (Phi) is 15.2. The van der Waals surface area contributed by atoms with Crippen LogP contribution in [0.15, 0.2) is 5.16 Å². The summed E-state index contributed by atoms with van der Waals surface area (Å²) in [5, 5.41) is 42.8. The molecule has 11 nitrogen and oxygen atoms in total. The van der Waals surface area contributed by atoms with Crippen LogP contribution >= 0.6 is 11.8 Å². The number of hydrogen-bond acceptors (Lipinski definition) is 11. The second kappa shape index (κ2) is 16.4. The van der Waals surface area contributed by atoms with Crippen LogP contribution < -0.4 is 0 Å². The lowest BCUT2D eigenvalue weighted by Crippen LogP contribution is -2.57. The maximum Gasteiger partial charge on any atom is 0.466 e. The zero-order valence-electron chi connectivity index (χ0n) is 18.8. The number of aliphatic hydroxyl groups excluding tert-OH is 4. The van der Waals surface area contributed by atoms with Crippen molar-refractivity contribution in [3.8, 4) is 0 Å². The number of unbranched alkanes of at least 4 members (excludes halogenated alkanes) is 8. The maximum absolute atomic E-state index is 11.0. The molecule has 0 aromatic rings. The van der Waals surface area contributed by atoms with Crippen LogP contribution in [0.2, 0.25) is 0 Å². The Bertz CT molecular complexity index is 704. The van der Waals surface area contributed by atoms with Crippen molar-refractivity contribution in [1.29, 1.82) is 0 Å². The summed E-state index contributed by atoms with van der Waals surface area (Å²) in [5.74, 6) is 0.756. The van der Waals surface area contributed by atoms with Gasteiger partial charge in [0.1, 0.15) is 34.9 Å². The summed E-state index contributed by atoms with van der Waals surface area (Å²) in [7, 11) is -5.54. The Balaban J connectivity index is 2.43. The van der Waals surface area contributed by atoms with Gasteiger partial charge in [-0.3, -0.25) is 8.76 Å². The molecule has 1 aliphatic rings. The number of oxime groups is 1. The van der Waals surface area contributed by atoms with E-state index >= 15 is 0 Å². The van der Waals surface area contributed by atoms with E-state index in [1.807, 2.05) is 0 Å². The summed E-state index contributed by atoms with van der Waals surface area (Å²) in [6.45, 7) is -0.589. The summed E-state index contributed by atoms with van der Waals surface area (Å²) in [4.78, 5) is 0. The van der Waals surface area contributed by atoms with E-state index < -0.39 is 57.7 Å². The van der Waals surface area contributed by atoms with Crippen LogP contribution in [-0.2, 0) is 30.2 Å². The molecule has 33 heavy (non-hydrogen) atoms. The lowest BCUT2D eigenvalue weighted by Gasteiger charge is -2.39. The minimum absolute atomic E-state index is 0.116. The molecule has 1 heterocycles. The monoisotopic (exact) mass is 535 g/mol. The van der Waals surface area contributed by atoms with Gasteiger partial charge in [-0.25, -0.2) is 4.28 Å². The molecule has 1 aliphatic heterocycles. The summed E-state index contributed by atoms with van der Waals surface area (Å²) >= 11 is 0.794. The van der Waals surface area contributed by atoms with Gasteiger partial charge in [0.25, 0.3) is 0 Å². The molecule has 0 spiro atoms. The van der Waals surface area contributed by atoms with E-state index in [0.717, 1.165) is 68.9 Å². The Morgan fingerprint density at radius 3 is 2.03 bits per heavy atom. The average Bonchev–Trinajstić information content (AvgIpc) is 2.74. The molecule has 6 unspecified atom stereocenters. The van der Waals surface area contributed by atoms with E-state index in [9.17, 15) is 33.1 Å². The van der Waals surface area contributed by atoms with Crippen molar-refractivity contribution >= 4 is 38.0 Å². The van der Waals surface area contributed by atoms with Crippen molar-refractivity contribution in [3.05, 3.63) is 0 Å². The molecule has 6 atom stereocenters. The molecule has 0 radical (unpaired) electrons. The topological polar surface area (TPSA) is 183 Å². The van der Waals surface area contributed by atoms with Crippen LogP contribution in [0.4, 0.5) is 0 Å². The van der Waals surface area contributed by atoms with E-state index in [2.05, 4.69) is 9.44 Å². The zero-order chi connectivity index (χ0) is 24.9. The van der Waals surface area contributed by atoms with E-state index in [1.54, 1.807) is 6.26 Å². The van der Waals surface area contributed by atoms with Crippen molar-refractivity contribution in [2.45, 2.75) is 94.1 Å². The molecule has 1 rings (SSSR count). The molecule has 196 valence electrons. The van der Waals surface area contributed by atoms with Gasteiger partial charge in [0.2, 0.25) is 0 Å². The standard InChI is InChI=1S/C19H37NO10S3/c1-32(25)12-10-8-6-4-2-3-5-7-9-11-15(20-30-33(26,27)28)31-19-18(24)17(23)16(22)14(13-21)29-19/h14,16-19,21-24H,2-13H2,1H3,(H,26,27,28). The summed E-state index contributed by atoms with van der Waals surface area (Å²) < 4.78 is 51.0. The van der Waals surface area contributed by atoms with Gasteiger partial charge in [-0.05, 0) is 19.3 Å². The molecular weight excluding hydrogens is 498 g/mol. The van der Waals surface area contributed by atoms with Gasteiger partial charge in [0.05, 0.1) is 6.61 Å². The summed E-state index contributed by atoms with van der Waals surface area (Å²) in [5.41, 5.74) is -1.13. The van der Waals surface area contributed by atoms with Gasteiger partial charge in [-0.1, -0.05) is 61.9 Å². The van der Waals surface area contributed by atoms with Gasteiger partial charge < -0.3 is 25.2 Å². The van der Waals surface area contributed by atoms with Crippen LogP contribution in [0.1, 0.15) is 64.2 Å². The van der Waals surface area contributed by atoms with Crippen LogP contribution in [0.3, 0.4) is 0 Å². The van der Waals surface area contributed by atoms with Crippen molar-refractivity contribution in [2.75, 3.05) is 18.6 Å². The Morgan fingerprint density at radius 2 is 1.52 bits per heavy atom. The lowest BCUT2D eigenvalue weighted by molar-refractivity contribution is -0.205. The van der Waals surface area contributed by atoms with Crippen LogP contribution in [0.25, 0.3) is 0 Å². The molecule has 14 heteroatoms. The number of nitrogens with zero attached hydrogens (tertiary/aromatic N) is 1. The van der Waals surface area contributed by atoms with Crippen LogP contribution in [0.5, 0.6) is 0 Å². The molecule has 0 bridgehead atoms. The SMILES string of the molecule is CS(=O)CCCCCCCCCCCC(=NOS(=O)(=O)O)SC1OC(CO)C(O)C(O)C1O. The number of thioether (sulfide) groups is 1. The highest BCUT2D eigenvalue weighted by Gasteiger charge is 2.44. The largest absolute Gasteiger partial charge is 0.466 e. The van der Waals surface area contributed by atoms with Crippen molar-refractivity contribution in [2.24, 2.45) is 5.16 Å². The first kappa shape index (κ1) is 30.7. The minimum atomic E-state index is -4.82. The predicted octanol–water partition coefficient (Wildman–Crippen LogP) is 0.932. The molecule has 0 saturated carbocycles. The molecule has 1 fully saturated rings. The van der Waals surface area contributed by atoms with Crippen molar-refractivity contribution < 1.29 is 46.6 Å². The summed E-state index contributed by atoms with van der Waals surface area (Å²) in [6.07, 6.45) is 5.22. The van der Waals surface area contributed by atoms with Gasteiger partial charge in [0, 0.05) is 22.8 Å². The number of aliphatic hydroxyl groups is 4. The molecule has 0 aromatic heterocycles. The predicted molar refractivity (Wildman–Crippen MR) is 127 cm³/mol. The fourth-order valence-electron chi connectivity index (χ4n) is 3.33. The normalized spacial score (nSPS) is 27.5. The lowest BCUT2D eigenvalue weighted by atomic mass is 10.0. The number of ether oxygens (including phenoxy) is 1. The minimum Gasteiger partial charge on any atom is -0.394 e. The molecule has 0 aliphatic carbocycles. The second-order valence-electron chi connectivity index (χ2n) is 8.01. The quantitative estimate of drug-likeness (QED) is 0.0623. The Morgan fingerprint density at radius 1 is 0.970 bits per heavy atom. The van der Waals surface area contributed by atoms with Crippen LogP contribution in [-0.4, -0.2) is 91.1 Å². The molecule has 0 amide bonds. The highest BCUT2D eigenvalue weighted by molar-refractivity contribution is 8.14. The average molecular weight is 536 g/mol. The first-order chi connectivity index (χ1) is 15.5. The maximum atomic E-state index is 11.0. The highest BCUT2D eigenvalue weighted by atomic mass is 32.3. The molecular formula is C19H37NO10S3. The van der Waals surface area contributed by atoms with Crippen molar-refractivity contribution in [1.82, 2.24) is 0 Å². The molecule has 1 saturated heterocycles. The van der Waals surface area contributed by atoms with E-state index in [0.29, 0.717) is 6.42 Å². The first-order valence-electron chi connectivity index (χ1n) is 11.0. The van der Waals surface area contributed by atoms with E-state index in [4.69, 9.17) is 9.29 Å². The van der Waals surface area contributed by atoms with Gasteiger partial charge in [0.15, 0.2) is 0 Å². The van der Waals surface area contributed by atoms with Gasteiger partial charge in [-0.15, -0.1) is 0 Å². The Labute approximate surface area is 202 Å². The highest BCUT2D eigenvalue weighted by Crippen LogP contribution is 2.31. The smallest absolute Gasteiger partial charge is 0.394 e. The third-order valence-electron chi connectivity index (χ3n) is 5.16. The third-order valence-corrected chi connectivity index (χ3v) is 7.46. The van der Waals surface area contributed by atoms with Crippen LogP contribution in [0, 0.1) is 0 Å². The molecule has 5 N–H and O–H groups in total. The van der Waals surface area contributed by atoms with E-state index in [1.165, 1.54) is 0 Å². The molecule has 0 aromatic carbocycles. The fourth-order valence-corrected chi connectivity index (χ4v) is 5.28. The van der Waals surface area contributed by atoms with Crippen molar-refractivity contribution in [3.63, 3.8) is 0 Å². The second-order valence-corrected chi connectivity index (χ2v) is 11.7. The Hall–Kier alpha value is -0.320. The third kappa shape index (κ3) is 13.4. The fraction of sp³-hybridized carbons (Fsp3) is 0.947. The first-order valence-corrected chi connectivity index (χ1v) is 15.0.